The van der Waals surface area contributed by atoms with Crippen LogP contribution in [0.2, 0.25) is 0 Å². The number of rotatable bonds is 9. The van der Waals surface area contributed by atoms with Crippen molar-refractivity contribution in [2.45, 2.75) is 26.7 Å². The minimum Gasteiger partial charge on any atom is -0.481 e. The van der Waals surface area contributed by atoms with E-state index in [2.05, 4.69) is 9.47 Å². The van der Waals surface area contributed by atoms with Crippen LogP contribution in [0.3, 0.4) is 0 Å². The Bertz CT molecular complexity index is 340. The van der Waals surface area contributed by atoms with Gasteiger partial charge in [0.05, 0.1) is 37.9 Å². The zero-order chi connectivity index (χ0) is 15.7. The molecule has 0 aromatic heterocycles. The van der Waals surface area contributed by atoms with Crippen LogP contribution in [0.5, 0.6) is 0 Å². The molecule has 0 radical (unpaired) electrons. The van der Waals surface area contributed by atoms with E-state index in [-0.39, 0.29) is 13.2 Å². The molecule has 0 fully saturated rings. The molecule has 0 bridgehead atoms. The van der Waals surface area contributed by atoms with Crippen molar-refractivity contribution in [1.82, 2.24) is 0 Å². The summed E-state index contributed by atoms with van der Waals surface area (Å²) in [5.74, 6) is -7.69. The molecule has 0 heterocycles. The average Bonchev–Trinajstić information content (AvgIpc) is 2.33. The first-order valence-electron chi connectivity index (χ1n) is 6.10. The third-order valence-electron chi connectivity index (χ3n) is 2.50. The highest BCUT2D eigenvalue weighted by atomic mass is 16.5. The van der Waals surface area contributed by atoms with Gasteiger partial charge in [-0.2, -0.15) is 0 Å². The lowest BCUT2D eigenvalue weighted by Crippen LogP contribution is -2.34. The predicted molar refractivity (Wildman–Crippen MR) is 64.8 cm³/mol. The Kier molecular flexibility index (Phi) is 7.95. The maximum atomic E-state index is 11.3. The summed E-state index contributed by atoms with van der Waals surface area (Å²) in [7, 11) is 0. The number of hydrogen-bond acceptors (Lipinski definition) is 6. The molecular formula is C12H18O8. The SMILES string of the molecule is CCOC(=O)CC(C(=O)O)C(CC(=O)OCC)C(=O)O. The summed E-state index contributed by atoms with van der Waals surface area (Å²) < 4.78 is 9.19. The van der Waals surface area contributed by atoms with Gasteiger partial charge in [0.2, 0.25) is 0 Å². The molecule has 2 atom stereocenters. The number of carbonyl (C=O) groups is 4. The molecule has 0 rings (SSSR count). The van der Waals surface area contributed by atoms with Gasteiger partial charge in [-0.15, -0.1) is 0 Å². The van der Waals surface area contributed by atoms with Crippen LogP contribution >= 0.6 is 0 Å². The molecule has 0 amide bonds. The van der Waals surface area contributed by atoms with Crippen molar-refractivity contribution in [3.05, 3.63) is 0 Å². The summed E-state index contributed by atoms with van der Waals surface area (Å²) in [6, 6.07) is 0. The third kappa shape index (κ3) is 6.17. The fourth-order valence-corrected chi connectivity index (χ4v) is 1.60. The number of carboxylic acids is 2. The van der Waals surface area contributed by atoms with Crippen molar-refractivity contribution in [2.75, 3.05) is 13.2 Å². The van der Waals surface area contributed by atoms with E-state index in [1.165, 1.54) is 0 Å². The van der Waals surface area contributed by atoms with Gasteiger partial charge >= 0.3 is 23.9 Å². The second-order valence-corrected chi connectivity index (χ2v) is 3.91. The molecule has 8 nitrogen and oxygen atoms in total. The van der Waals surface area contributed by atoms with Gasteiger partial charge in [0.15, 0.2) is 0 Å². The van der Waals surface area contributed by atoms with Crippen molar-refractivity contribution in [1.29, 1.82) is 0 Å². The molecule has 0 spiro atoms. The summed E-state index contributed by atoms with van der Waals surface area (Å²) in [5, 5.41) is 18.1. The van der Waals surface area contributed by atoms with Crippen LogP contribution in [0.15, 0.2) is 0 Å². The molecule has 0 aromatic carbocycles. The van der Waals surface area contributed by atoms with Crippen molar-refractivity contribution < 1.29 is 38.9 Å². The van der Waals surface area contributed by atoms with Crippen LogP contribution in [-0.2, 0) is 28.7 Å². The summed E-state index contributed by atoms with van der Waals surface area (Å²) in [4.78, 5) is 44.8. The molecule has 0 aliphatic rings. The van der Waals surface area contributed by atoms with E-state index in [0.717, 1.165) is 0 Å². The minimum atomic E-state index is -1.55. The van der Waals surface area contributed by atoms with E-state index in [0.29, 0.717) is 0 Å². The van der Waals surface area contributed by atoms with Crippen LogP contribution in [-0.4, -0.2) is 47.3 Å². The Hall–Kier alpha value is -2.12. The predicted octanol–water partition coefficient (Wildman–Crippen LogP) is 0.294. The average molecular weight is 290 g/mol. The fraction of sp³-hybridized carbons (Fsp3) is 0.667. The van der Waals surface area contributed by atoms with Crippen LogP contribution in [0.25, 0.3) is 0 Å². The molecule has 2 unspecified atom stereocenters. The van der Waals surface area contributed by atoms with Crippen LogP contribution in [0.1, 0.15) is 26.7 Å². The molecule has 20 heavy (non-hydrogen) atoms. The van der Waals surface area contributed by atoms with Crippen molar-refractivity contribution in [3.63, 3.8) is 0 Å². The number of hydrogen-bond donors (Lipinski definition) is 2. The molecule has 0 aliphatic heterocycles. The van der Waals surface area contributed by atoms with E-state index in [9.17, 15) is 19.2 Å². The Balaban J connectivity index is 4.96. The standard InChI is InChI=1S/C12H18O8/c1-3-19-9(13)5-7(11(15)16)8(12(17)18)6-10(14)20-4-2/h7-8H,3-6H2,1-2H3,(H,15,16)(H,17,18). The largest absolute Gasteiger partial charge is 0.481 e. The van der Waals surface area contributed by atoms with Crippen molar-refractivity contribution in [3.8, 4) is 0 Å². The van der Waals surface area contributed by atoms with Gasteiger partial charge in [0.25, 0.3) is 0 Å². The number of aliphatic carboxylic acids is 2. The monoisotopic (exact) mass is 290 g/mol. The fourth-order valence-electron chi connectivity index (χ4n) is 1.60. The maximum absolute atomic E-state index is 11.3. The second kappa shape index (κ2) is 8.89. The van der Waals surface area contributed by atoms with E-state index in [4.69, 9.17) is 10.2 Å². The summed E-state index contributed by atoms with van der Waals surface area (Å²) in [5.41, 5.74) is 0. The smallest absolute Gasteiger partial charge is 0.307 e. The number of carboxylic acid groups (broad SMARTS) is 2. The van der Waals surface area contributed by atoms with Gasteiger partial charge in [0.1, 0.15) is 0 Å². The Morgan fingerprint density at radius 2 is 1.10 bits per heavy atom. The maximum Gasteiger partial charge on any atom is 0.307 e. The van der Waals surface area contributed by atoms with Gasteiger partial charge in [-0.05, 0) is 13.8 Å². The zero-order valence-corrected chi connectivity index (χ0v) is 11.3. The normalized spacial score (nSPS) is 13.1. The van der Waals surface area contributed by atoms with E-state index in [1.807, 2.05) is 0 Å². The van der Waals surface area contributed by atoms with Gasteiger partial charge in [-0.25, -0.2) is 0 Å². The molecular weight excluding hydrogens is 272 g/mol. The van der Waals surface area contributed by atoms with Crippen LogP contribution < -0.4 is 0 Å². The highest BCUT2D eigenvalue weighted by Crippen LogP contribution is 2.22. The summed E-state index contributed by atoms with van der Waals surface area (Å²) in [6.45, 7) is 3.20. The van der Waals surface area contributed by atoms with E-state index >= 15 is 0 Å². The second-order valence-electron chi connectivity index (χ2n) is 3.91. The summed E-state index contributed by atoms with van der Waals surface area (Å²) in [6.07, 6.45) is -1.22. The molecule has 0 saturated carbocycles. The number of esters is 2. The Morgan fingerprint density at radius 1 is 0.800 bits per heavy atom. The van der Waals surface area contributed by atoms with E-state index in [1.54, 1.807) is 13.8 Å². The van der Waals surface area contributed by atoms with Gasteiger partial charge in [-0.1, -0.05) is 0 Å². The highest BCUT2D eigenvalue weighted by Gasteiger charge is 2.37. The Morgan fingerprint density at radius 3 is 1.30 bits per heavy atom. The Labute approximate surface area is 115 Å². The van der Waals surface area contributed by atoms with Crippen molar-refractivity contribution >= 4 is 23.9 Å². The summed E-state index contributed by atoms with van der Waals surface area (Å²) >= 11 is 0. The molecule has 8 heteroatoms. The lowest BCUT2D eigenvalue weighted by molar-refractivity contribution is -0.162. The molecule has 114 valence electrons. The number of ether oxygens (including phenoxy) is 2. The van der Waals surface area contributed by atoms with Gasteiger partial charge in [0, 0.05) is 0 Å². The topological polar surface area (TPSA) is 127 Å². The van der Waals surface area contributed by atoms with Crippen molar-refractivity contribution in [2.24, 2.45) is 11.8 Å². The van der Waals surface area contributed by atoms with Crippen LogP contribution in [0.4, 0.5) is 0 Å². The van der Waals surface area contributed by atoms with E-state index < -0.39 is 48.6 Å². The number of carbonyl (C=O) groups excluding carboxylic acids is 2. The molecule has 2 N–H and O–H groups in total. The van der Waals surface area contributed by atoms with Crippen LogP contribution in [0, 0.1) is 11.8 Å². The lowest BCUT2D eigenvalue weighted by Gasteiger charge is -2.18. The molecule has 0 aliphatic carbocycles. The highest BCUT2D eigenvalue weighted by molar-refractivity contribution is 5.87. The zero-order valence-electron chi connectivity index (χ0n) is 11.3. The first-order valence-corrected chi connectivity index (χ1v) is 6.10. The minimum absolute atomic E-state index is 0.0563. The molecule has 0 saturated heterocycles. The quantitative estimate of drug-likeness (QED) is 0.580. The van der Waals surface area contributed by atoms with Gasteiger partial charge < -0.3 is 19.7 Å². The lowest BCUT2D eigenvalue weighted by atomic mass is 9.87. The first kappa shape index (κ1) is 17.9. The first-order chi connectivity index (χ1) is 9.33. The third-order valence-corrected chi connectivity index (χ3v) is 2.50. The van der Waals surface area contributed by atoms with Gasteiger partial charge in [-0.3, -0.25) is 19.2 Å². The molecule has 0 aromatic rings.